The fourth-order valence-electron chi connectivity index (χ4n) is 3.91. The molecule has 1 amide bonds. The Kier molecular flexibility index (Phi) is 6.65. The highest BCUT2D eigenvalue weighted by molar-refractivity contribution is 6.51. The summed E-state index contributed by atoms with van der Waals surface area (Å²) in [5, 5.41) is 11.0. The molecule has 0 bridgehead atoms. The van der Waals surface area contributed by atoms with Gasteiger partial charge in [-0.05, 0) is 66.9 Å². The molecular weight excluding hydrogens is 459 g/mol. The van der Waals surface area contributed by atoms with E-state index in [1.165, 1.54) is 23.2 Å². The van der Waals surface area contributed by atoms with Crippen LogP contribution in [0.25, 0.3) is 5.76 Å². The normalized spacial score (nSPS) is 17.3. The van der Waals surface area contributed by atoms with Crippen molar-refractivity contribution in [2.45, 2.75) is 26.3 Å². The van der Waals surface area contributed by atoms with Crippen molar-refractivity contribution in [2.75, 3.05) is 11.5 Å². The van der Waals surface area contributed by atoms with Crippen molar-refractivity contribution >= 4 is 34.7 Å². The number of anilines is 1. The molecule has 1 N–H and O–H groups in total. The summed E-state index contributed by atoms with van der Waals surface area (Å²) in [4.78, 5) is 31.6. The summed E-state index contributed by atoms with van der Waals surface area (Å²) in [5.74, 6) is -2.04. The number of rotatable bonds is 6. The summed E-state index contributed by atoms with van der Waals surface area (Å²) >= 11 is 5.95. The Morgan fingerprint density at radius 2 is 2.00 bits per heavy atom. The minimum Gasteiger partial charge on any atom is -0.507 e. The lowest BCUT2D eigenvalue weighted by atomic mass is 9.95. The molecule has 2 aromatic carbocycles. The van der Waals surface area contributed by atoms with Crippen LogP contribution in [0.1, 0.15) is 36.1 Å². The SMILES string of the molecule is CCCOc1ccc(/C(O)=C2\C(=O)C(=O)N(c3ccc(F)c(Cl)c3)C2c2cccnc2)cc1C. The van der Waals surface area contributed by atoms with Crippen LogP contribution in [-0.4, -0.2) is 28.4 Å². The van der Waals surface area contributed by atoms with Crippen molar-refractivity contribution in [3.63, 3.8) is 0 Å². The molecule has 8 heteroatoms. The summed E-state index contributed by atoms with van der Waals surface area (Å²) < 4.78 is 19.5. The summed E-state index contributed by atoms with van der Waals surface area (Å²) in [6, 6.07) is 11.2. The third-order valence-corrected chi connectivity index (χ3v) is 5.83. The highest BCUT2D eigenvalue weighted by Gasteiger charge is 2.47. The van der Waals surface area contributed by atoms with Crippen molar-refractivity contribution in [3.05, 3.63) is 94.0 Å². The molecule has 2 heterocycles. The first-order valence-electron chi connectivity index (χ1n) is 10.7. The number of halogens is 2. The van der Waals surface area contributed by atoms with Crippen molar-refractivity contribution in [1.82, 2.24) is 4.98 Å². The van der Waals surface area contributed by atoms with E-state index in [2.05, 4.69) is 4.98 Å². The van der Waals surface area contributed by atoms with Crippen LogP contribution < -0.4 is 9.64 Å². The number of amides is 1. The number of aliphatic hydroxyl groups is 1. The molecule has 0 saturated carbocycles. The number of hydrogen-bond acceptors (Lipinski definition) is 5. The van der Waals surface area contributed by atoms with E-state index in [1.54, 1.807) is 36.5 Å². The van der Waals surface area contributed by atoms with Crippen LogP contribution in [0.2, 0.25) is 5.02 Å². The molecule has 3 aromatic rings. The van der Waals surface area contributed by atoms with Gasteiger partial charge in [0.2, 0.25) is 0 Å². The quantitative estimate of drug-likeness (QED) is 0.282. The van der Waals surface area contributed by atoms with Gasteiger partial charge < -0.3 is 9.84 Å². The fourth-order valence-corrected chi connectivity index (χ4v) is 4.09. The van der Waals surface area contributed by atoms with Gasteiger partial charge >= 0.3 is 0 Å². The van der Waals surface area contributed by atoms with Crippen LogP contribution in [0.5, 0.6) is 5.75 Å². The molecule has 174 valence electrons. The number of Topliss-reactive ketones (excluding diaryl/α,β-unsaturated/α-hetero) is 1. The highest BCUT2D eigenvalue weighted by Crippen LogP contribution is 2.42. The molecule has 6 nitrogen and oxygen atoms in total. The van der Waals surface area contributed by atoms with Gasteiger partial charge in [0.05, 0.1) is 23.2 Å². The van der Waals surface area contributed by atoms with Crippen LogP contribution in [0.3, 0.4) is 0 Å². The first-order valence-corrected chi connectivity index (χ1v) is 11.1. The van der Waals surface area contributed by atoms with E-state index >= 15 is 0 Å². The van der Waals surface area contributed by atoms with E-state index in [4.69, 9.17) is 16.3 Å². The molecule has 1 aliphatic rings. The average Bonchev–Trinajstić information content (AvgIpc) is 3.10. The van der Waals surface area contributed by atoms with Gasteiger partial charge in [-0.15, -0.1) is 0 Å². The molecular formula is C26H22ClFN2O4. The molecule has 0 aliphatic carbocycles. The molecule has 1 aliphatic heterocycles. The van der Waals surface area contributed by atoms with E-state index in [1.807, 2.05) is 13.8 Å². The fraction of sp³-hybridized carbons (Fsp3) is 0.192. The second-order valence-corrected chi connectivity index (χ2v) is 8.29. The van der Waals surface area contributed by atoms with Crippen molar-refractivity contribution in [3.8, 4) is 5.75 Å². The molecule has 1 saturated heterocycles. The number of benzene rings is 2. The Morgan fingerprint density at radius 3 is 2.65 bits per heavy atom. The van der Waals surface area contributed by atoms with Gasteiger partial charge in [-0.1, -0.05) is 24.6 Å². The molecule has 1 unspecified atom stereocenters. The monoisotopic (exact) mass is 480 g/mol. The number of aryl methyl sites for hydroxylation is 1. The molecule has 0 spiro atoms. The van der Waals surface area contributed by atoms with E-state index in [-0.39, 0.29) is 22.0 Å². The van der Waals surface area contributed by atoms with Gasteiger partial charge in [-0.3, -0.25) is 19.5 Å². The Morgan fingerprint density at radius 1 is 1.21 bits per heavy atom. The van der Waals surface area contributed by atoms with Gasteiger partial charge in [0, 0.05) is 23.6 Å². The highest BCUT2D eigenvalue weighted by atomic mass is 35.5. The number of aliphatic hydroxyl groups excluding tert-OH is 1. The number of ketones is 1. The lowest BCUT2D eigenvalue weighted by molar-refractivity contribution is -0.132. The molecule has 1 fully saturated rings. The predicted octanol–water partition coefficient (Wildman–Crippen LogP) is 5.60. The minimum absolute atomic E-state index is 0.0972. The van der Waals surface area contributed by atoms with Crippen LogP contribution in [0.4, 0.5) is 10.1 Å². The zero-order valence-corrected chi connectivity index (χ0v) is 19.3. The lowest BCUT2D eigenvalue weighted by Gasteiger charge is -2.25. The Balaban J connectivity index is 1.87. The minimum atomic E-state index is -0.980. The number of carbonyl (C=O) groups excluding carboxylic acids is 2. The summed E-state index contributed by atoms with van der Waals surface area (Å²) in [6.45, 7) is 4.39. The summed E-state index contributed by atoms with van der Waals surface area (Å²) in [7, 11) is 0. The number of ether oxygens (including phenoxy) is 1. The van der Waals surface area contributed by atoms with E-state index in [0.29, 0.717) is 23.5 Å². The number of pyridine rings is 1. The maximum absolute atomic E-state index is 13.8. The number of hydrogen-bond donors (Lipinski definition) is 1. The van der Waals surface area contributed by atoms with E-state index in [0.717, 1.165) is 18.1 Å². The zero-order valence-electron chi connectivity index (χ0n) is 18.6. The van der Waals surface area contributed by atoms with Gasteiger partial charge in [0.15, 0.2) is 0 Å². The maximum Gasteiger partial charge on any atom is 0.300 e. The lowest BCUT2D eigenvalue weighted by Crippen LogP contribution is -2.29. The standard InChI is InChI=1S/C26H22ClFN2O4/c1-3-11-34-21-9-6-16(12-15(21)2)24(31)22-23(17-5-4-10-29-14-17)30(26(33)25(22)32)18-7-8-20(28)19(27)13-18/h4-10,12-14,23,31H,3,11H2,1-2H3/b24-22+. The van der Waals surface area contributed by atoms with Crippen LogP contribution in [0.15, 0.2) is 66.5 Å². The largest absolute Gasteiger partial charge is 0.507 e. The van der Waals surface area contributed by atoms with E-state index in [9.17, 15) is 19.1 Å². The second-order valence-electron chi connectivity index (χ2n) is 7.88. The third kappa shape index (κ3) is 4.26. The van der Waals surface area contributed by atoms with Crippen molar-refractivity contribution in [1.29, 1.82) is 0 Å². The summed E-state index contributed by atoms with van der Waals surface area (Å²) in [6.07, 6.45) is 3.92. The van der Waals surface area contributed by atoms with Gasteiger partial charge in [-0.25, -0.2) is 4.39 Å². The van der Waals surface area contributed by atoms with Gasteiger partial charge in [0.1, 0.15) is 17.3 Å². The Hall–Kier alpha value is -3.71. The Labute approximate surface area is 201 Å². The Bertz CT molecular complexity index is 1290. The van der Waals surface area contributed by atoms with Crippen LogP contribution in [0, 0.1) is 12.7 Å². The number of aromatic nitrogens is 1. The third-order valence-electron chi connectivity index (χ3n) is 5.54. The molecule has 4 rings (SSSR count). The van der Waals surface area contributed by atoms with E-state index < -0.39 is 23.5 Å². The first-order chi connectivity index (χ1) is 16.3. The smallest absolute Gasteiger partial charge is 0.300 e. The zero-order chi connectivity index (χ0) is 24.4. The molecule has 1 atom stereocenters. The maximum atomic E-state index is 13.8. The van der Waals surface area contributed by atoms with Crippen molar-refractivity contribution < 1.29 is 23.8 Å². The second kappa shape index (κ2) is 9.65. The molecule has 0 radical (unpaired) electrons. The number of nitrogens with zero attached hydrogens (tertiary/aromatic N) is 2. The van der Waals surface area contributed by atoms with Gasteiger partial charge in [0.25, 0.3) is 11.7 Å². The topological polar surface area (TPSA) is 79.7 Å². The van der Waals surface area contributed by atoms with Crippen LogP contribution in [-0.2, 0) is 9.59 Å². The number of carbonyl (C=O) groups is 2. The predicted molar refractivity (Wildman–Crippen MR) is 127 cm³/mol. The first kappa shape index (κ1) is 23.4. The molecule has 1 aromatic heterocycles. The molecule has 34 heavy (non-hydrogen) atoms. The van der Waals surface area contributed by atoms with Crippen LogP contribution >= 0.6 is 11.6 Å². The van der Waals surface area contributed by atoms with Gasteiger partial charge in [-0.2, -0.15) is 0 Å². The average molecular weight is 481 g/mol. The summed E-state index contributed by atoms with van der Waals surface area (Å²) in [5.41, 5.74) is 1.77. The van der Waals surface area contributed by atoms with Crippen molar-refractivity contribution in [2.24, 2.45) is 0 Å².